The predicted molar refractivity (Wildman–Crippen MR) is 88.1 cm³/mol. The van der Waals surface area contributed by atoms with Crippen LogP contribution in [0.4, 0.5) is 0 Å². The van der Waals surface area contributed by atoms with Crippen molar-refractivity contribution in [2.45, 2.75) is 65.2 Å². The van der Waals surface area contributed by atoms with E-state index in [0.717, 1.165) is 44.1 Å². The van der Waals surface area contributed by atoms with Crippen molar-refractivity contribution in [1.82, 2.24) is 0 Å². The molecule has 2 atom stereocenters. The van der Waals surface area contributed by atoms with Crippen LogP contribution in [0.5, 0.6) is 0 Å². The summed E-state index contributed by atoms with van der Waals surface area (Å²) in [6.07, 6.45) is 5.80. The first-order valence-corrected chi connectivity index (χ1v) is 8.78. The Bertz CT molecular complexity index is 565. The first-order chi connectivity index (χ1) is 10.6. The fraction of sp³-hybridized carbons (Fsp3) is 0.600. The van der Waals surface area contributed by atoms with E-state index in [2.05, 4.69) is 32.9 Å². The summed E-state index contributed by atoms with van der Waals surface area (Å²) in [4.78, 5) is 25.9. The van der Waals surface area contributed by atoms with Gasteiger partial charge in [0.2, 0.25) is 0 Å². The van der Waals surface area contributed by atoms with Crippen molar-refractivity contribution in [3.63, 3.8) is 0 Å². The van der Waals surface area contributed by atoms with Gasteiger partial charge in [-0.3, -0.25) is 9.59 Å². The van der Waals surface area contributed by atoms with Gasteiger partial charge in [0.1, 0.15) is 5.92 Å². The molecule has 2 fully saturated rings. The number of carbonyl (C=O) groups excluding carboxylic acids is 2. The van der Waals surface area contributed by atoms with E-state index in [1.54, 1.807) is 0 Å². The normalized spacial score (nSPS) is 28.0. The van der Waals surface area contributed by atoms with E-state index in [9.17, 15) is 9.59 Å². The van der Waals surface area contributed by atoms with Crippen LogP contribution >= 0.6 is 0 Å². The first-order valence-electron chi connectivity index (χ1n) is 8.78. The molecule has 2 nitrogen and oxygen atoms in total. The number of benzene rings is 1. The Kier molecular flexibility index (Phi) is 4.20. The number of aryl methyl sites for hydroxylation is 3. The summed E-state index contributed by atoms with van der Waals surface area (Å²) in [6.45, 7) is 6.34. The van der Waals surface area contributed by atoms with Crippen molar-refractivity contribution >= 4 is 11.6 Å². The van der Waals surface area contributed by atoms with Crippen molar-refractivity contribution in [2.75, 3.05) is 0 Å². The third kappa shape index (κ3) is 2.33. The van der Waals surface area contributed by atoms with Crippen molar-refractivity contribution < 1.29 is 9.59 Å². The SMILES string of the molecule is CCc1cc(C)cc(CC)c1C1C(=O)C2CCCCC2C1=O. The first kappa shape index (κ1) is 15.5. The van der Waals surface area contributed by atoms with E-state index in [4.69, 9.17) is 0 Å². The number of hydrogen-bond acceptors (Lipinski definition) is 2. The van der Waals surface area contributed by atoms with E-state index < -0.39 is 5.92 Å². The molecule has 0 amide bonds. The molecule has 0 N–H and O–H groups in total. The molecule has 0 heterocycles. The van der Waals surface area contributed by atoms with Crippen LogP contribution in [-0.2, 0) is 22.4 Å². The summed E-state index contributed by atoms with van der Waals surface area (Å²) in [5, 5.41) is 0. The molecular formula is C20H26O2. The molecule has 1 aromatic rings. The largest absolute Gasteiger partial charge is 0.298 e. The van der Waals surface area contributed by atoms with Crippen LogP contribution in [-0.4, -0.2) is 11.6 Å². The third-order valence-electron chi connectivity index (χ3n) is 5.61. The number of ketones is 2. The molecule has 2 unspecified atom stereocenters. The maximum Gasteiger partial charge on any atom is 0.151 e. The van der Waals surface area contributed by atoms with Crippen LogP contribution in [0.1, 0.15) is 67.7 Å². The Balaban J connectivity index is 2.10. The zero-order valence-corrected chi connectivity index (χ0v) is 13.9. The summed E-state index contributed by atoms with van der Waals surface area (Å²) >= 11 is 0. The maximum absolute atomic E-state index is 13.0. The second-order valence-electron chi connectivity index (χ2n) is 6.94. The highest BCUT2D eigenvalue weighted by Gasteiger charge is 2.50. The van der Waals surface area contributed by atoms with Crippen molar-refractivity contribution in [2.24, 2.45) is 11.8 Å². The van der Waals surface area contributed by atoms with Crippen LogP contribution in [0, 0.1) is 18.8 Å². The van der Waals surface area contributed by atoms with Crippen LogP contribution in [0.15, 0.2) is 12.1 Å². The molecule has 0 bridgehead atoms. The molecular weight excluding hydrogens is 272 g/mol. The summed E-state index contributed by atoms with van der Waals surface area (Å²) in [5.74, 6) is -0.0477. The van der Waals surface area contributed by atoms with Gasteiger partial charge in [-0.25, -0.2) is 0 Å². The van der Waals surface area contributed by atoms with E-state index in [1.165, 1.54) is 16.7 Å². The summed E-state index contributed by atoms with van der Waals surface area (Å²) in [7, 11) is 0. The highest BCUT2D eigenvalue weighted by Crippen LogP contribution is 2.46. The van der Waals surface area contributed by atoms with Gasteiger partial charge in [-0.15, -0.1) is 0 Å². The Hall–Kier alpha value is -1.44. The standard InChI is InChI=1S/C20H26O2/c1-4-13-10-12(3)11-14(5-2)17(13)18-19(21)15-8-6-7-9-16(15)20(18)22/h10-11,15-16,18H,4-9H2,1-3H3. The number of carbonyl (C=O) groups is 2. The van der Waals surface area contributed by atoms with Gasteiger partial charge in [0.15, 0.2) is 11.6 Å². The van der Waals surface area contributed by atoms with Gasteiger partial charge in [0, 0.05) is 11.8 Å². The molecule has 0 aliphatic heterocycles. The quantitative estimate of drug-likeness (QED) is 0.785. The Morgan fingerprint density at radius 1 is 0.909 bits per heavy atom. The fourth-order valence-electron chi connectivity index (χ4n) is 4.57. The lowest BCUT2D eigenvalue weighted by atomic mass is 9.81. The van der Waals surface area contributed by atoms with E-state index in [-0.39, 0.29) is 23.4 Å². The Morgan fingerprint density at radius 3 is 1.77 bits per heavy atom. The average Bonchev–Trinajstić information content (AvgIpc) is 2.78. The van der Waals surface area contributed by atoms with Crippen molar-refractivity contribution in [3.05, 3.63) is 34.4 Å². The molecule has 3 rings (SSSR count). The number of fused-ring (bicyclic) bond motifs is 1. The number of rotatable bonds is 3. The molecule has 118 valence electrons. The lowest BCUT2D eigenvalue weighted by Crippen LogP contribution is -2.21. The number of Topliss-reactive ketones (excluding diaryl/α,β-unsaturated/α-hetero) is 2. The van der Waals surface area contributed by atoms with E-state index >= 15 is 0 Å². The van der Waals surface area contributed by atoms with Crippen LogP contribution in [0.25, 0.3) is 0 Å². The zero-order valence-electron chi connectivity index (χ0n) is 13.9. The highest BCUT2D eigenvalue weighted by molar-refractivity contribution is 6.16. The molecule has 2 aliphatic carbocycles. The molecule has 2 saturated carbocycles. The lowest BCUT2D eigenvalue weighted by molar-refractivity contribution is -0.125. The van der Waals surface area contributed by atoms with Crippen LogP contribution < -0.4 is 0 Å². The summed E-state index contributed by atoms with van der Waals surface area (Å²) in [5.41, 5.74) is 4.68. The molecule has 22 heavy (non-hydrogen) atoms. The average molecular weight is 298 g/mol. The van der Waals surface area contributed by atoms with Gasteiger partial charge in [0.25, 0.3) is 0 Å². The Morgan fingerprint density at radius 2 is 1.36 bits per heavy atom. The lowest BCUT2D eigenvalue weighted by Gasteiger charge is -2.21. The molecule has 0 aromatic heterocycles. The van der Waals surface area contributed by atoms with Gasteiger partial charge < -0.3 is 0 Å². The summed E-state index contributed by atoms with van der Waals surface area (Å²) in [6, 6.07) is 4.33. The van der Waals surface area contributed by atoms with E-state index in [0.29, 0.717) is 0 Å². The zero-order chi connectivity index (χ0) is 15.9. The minimum Gasteiger partial charge on any atom is -0.298 e. The second-order valence-corrected chi connectivity index (χ2v) is 6.94. The molecule has 0 spiro atoms. The van der Waals surface area contributed by atoms with Gasteiger partial charge in [-0.1, -0.05) is 44.4 Å². The third-order valence-corrected chi connectivity index (χ3v) is 5.61. The predicted octanol–water partition coefficient (Wildman–Crippen LogP) is 4.16. The summed E-state index contributed by atoms with van der Waals surface area (Å²) < 4.78 is 0. The van der Waals surface area contributed by atoms with Gasteiger partial charge in [-0.2, -0.15) is 0 Å². The minimum atomic E-state index is -0.474. The van der Waals surface area contributed by atoms with Crippen molar-refractivity contribution in [1.29, 1.82) is 0 Å². The van der Waals surface area contributed by atoms with Crippen LogP contribution in [0.3, 0.4) is 0 Å². The molecule has 2 aliphatic rings. The fourth-order valence-corrected chi connectivity index (χ4v) is 4.57. The second kappa shape index (κ2) is 5.98. The molecule has 2 heteroatoms. The van der Waals surface area contributed by atoms with Gasteiger partial charge in [0.05, 0.1) is 0 Å². The molecule has 1 aromatic carbocycles. The molecule has 0 radical (unpaired) electrons. The van der Waals surface area contributed by atoms with Crippen LogP contribution in [0.2, 0.25) is 0 Å². The smallest absolute Gasteiger partial charge is 0.151 e. The highest BCUT2D eigenvalue weighted by atomic mass is 16.2. The molecule has 0 saturated heterocycles. The van der Waals surface area contributed by atoms with Crippen molar-refractivity contribution in [3.8, 4) is 0 Å². The minimum absolute atomic E-state index is 0.00182. The maximum atomic E-state index is 13.0. The van der Waals surface area contributed by atoms with Gasteiger partial charge >= 0.3 is 0 Å². The monoisotopic (exact) mass is 298 g/mol. The Labute approximate surface area is 133 Å². The number of hydrogen-bond donors (Lipinski definition) is 0. The topological polar surface area (TPSA) is 34.1 Å². The van der Waals surface area contributed by atoms with E-state index in [1.807, 2.05) is 0 Å². The van der Waals surface area contributed by atoms with Gasteiger partial charge in [-0.05, 0) is 49.3 Å².